The Labute approximate surface area is 87.5 Å². The van der Waals surface area contributed by atoms with Gasteiger partial charge in [0, 0.05) is 27.1 Å². The lowest BCUT2D eigenvalue weighted by Crippen LogP contribution is -2.31. The molecular formula is C9H13N3O3. The van der Waals surface area contributed by atoms with Gasteiger partial charge in [-0.1, -0.05) is 0 Å². The SMILES string of the molecule is CC(=O)N(C)C(=O)/C=C1\NCC(=O)N1C. The Morgan fingerprint density at radius 3 is 2.53 bits per heavy atom. The predicted octanol–water partition coefficient (Wildman–Crippen LogP) is -1.11. The molecule has 1 heterocycles. The van der Waals surface area contributed by atoms with Gasteiger partial charge in [-0.15, -0.1) is 0 Å². The van der Waals surface area contributed by atoms with E-state index in [4.69, 9.17) is 0 Å². The molecule has 0 bridgehead atoms. The summed E-state index contributed by atoms with van der Waals surface area (Å²) in [6, 6.07) is 0. The summed E-state index contributed by atoms with van der Waals surface area (Å²) in [6.07, 6.45) is 1.23. The molecule has 0 aromatic rings. The van der Waals surface area contributed by atoms with Gasteiger partial charge in [0.1, 0.15) is 5.82 Å². The molecule has 82 valence electrons. The fourth-order valence-electron chi connectivity index (χ4n) is 1.05. The van der Waals surface area contributed by atoms with Crippen molar-refractivity contribution < 1.29 is 14.4 Å². The Morgan fingerprint density at radius 1 is 1.53 bits per heavy atom. The van der Waals surface area contributed by atoms with E-state index in [-0.39, 0.29) is 18.4 Å². The highest BCUT2D eigenvalue weighted by molar-refractivity contribution is 6.00. The average Bonchev–Trinajstić information content (AvgIpc) is 2.48. The molecule has 0 aromatic heterocycles. The first kappa shape index (κ1) is 11.2. The zero-order valence-corrected chi connectivity index (χ0v) is 8.90. The summed E-state index contributed by atoms with van der Waals surface area (Å²) in [7, 11) is 2.95. The summed E-state index contributed by atoms with van der Waals surface area (Å²) < 4.78 is 0. The van der Waals surface area contributed by atoms with E-state index in [0.29, 0.717) is 5.82 Å². The molecule has 1 rings (SSSR count). The summed E-state index contributed by atoms with van der Waals surface area (Å²) in [5, 5.41) is 2.76. The van der Waals surface area contributed by atoms with E-state index in [1.54, 1.807) is 7.05 Å². The van der Waals surface area contributed by atoms with Crippen molar-refractivity contribution in [3.63, 3.8) is 0 Å². The maximum atomic E-state index is 11.4. The third-order valence-electron chi connectivity index (χ3n) is 2.22. The standard InChI is InChI=1S/C9H13N3O3/c1-6(13)11(2)8(14)4-7-10-5-9(15)12(7)3/h4,10H,5H2,1-3H3/b7-4+. The van der Waals surface area contributed by atoms with Crippen molar-refractivity contribution in [2.75, 3.05) is 20.6 Å². The minimum absolute atomic E-state index is 0.112. The zero-order valence-electron chi connectivity index (χ0n) is 8.90. The van der Waals surface area contributed by atoms with Crippen LogP contribution in [0.5, 0.6) is 0 Å². The van der Waals surface area contributed by atoms with Gasteiger partial charge in [-0.25, -0.2) is 0 Å². The molecule has 0 saturated carbocycles. The molecule has 0 radical (unpaired) electrons. The molecule has 0 unspecified atom stereocenters. The number of hydrogen-bond donors (Lipinski definition) is 1. The molecular weight excluding hydrogens is 198 g/mol. The molecule has 1 aliphatic heterocycles. The lowest BCUT2D eigenvalue weighted by molar-refractivity contribution is -0.138. The highest BCUT2D eigenvalue weighted by Gasteiger charge is 2.22. The van der Waals surface area contributed by atoms with Gasteiger partial charge in [-0.3, -0.25) is 19.3 Å². The number of nitrogens with zero attached hydrogens (tertiary/aromatic N) is 2. The van der Waals surface area contributed by atoms with E-state index >= 15 is 0 Å². The Balaban J connectivity index is 2.76. The van der Waals surface area contributed by atoms with Crippen molar-refractivity contribution in [3.05, 3.63) is 11.9 Å². The topological polar surface area (TPSA) is 69.7 Å². The third-order valence-corrected chi connectivity index (χ3v) is 2.22. The highest BCUT2D eigenvalue weighted by atomic mass is 16.2. The van der Waals surface area contributed by atoms with Crippen LogP contribution in [0.15, 0.2) is 11.9 Å². The molecule has 6 nitrogen and oxygen atoms in total. The Kier molecular flexibility index (Phi) is 3.08. The normalized spacial score (nSPS) is 17.9. The van der Waals surface area contributed by atoms with Crippen LogP contribution in [0.25, 0.3) is 0 Å². The number of amides is 3. The Morgan fingerprint density at radius 2 is 2.13 bits per heavy atom. The smallest absolute Gasteiger partial charge is 0.256 e. The molecule has 15 heavy (non-hydrogen) atoms. The van der Waals surface area contributed by atoms with Gasteiger partial charge in [0.05, 0.1) is 6.54 Å². The third kappa shape index (κ3) is 2.34. The average molecular weight is 211 g/mol. The minimum atomic E-state index is -0.452. The number of likely N-dealkylation sites (N-methyl/N-ethyl adjacent to an activating group) is 2. The van der Waals surface area contributed by atoms with Crippen LogP contribution in [0.1, 0.15) is 6.92 Å². The maximum absolute atomic E-state index is 11.4. The van der Waals surface area contributed by atoms with Crippen LogP contribution < -0.4 is 5.32 Å². The number of carbonyl (C=O) groups excluding carboxylic acids is 3. The van der Waals surface area contributed by atoms with Crippen LogP contribution in [-0.4, -0.2) is 48.2 Å². The number of nitrogens with one attached hydrogen (secondary N) is 1. The van der Waals surface area contributed by atoms with Gasteiger partial charge in [0.2, 0.25) is 11.8 Å². The van der Waals surface area contributed by atoms with Crippen molar-refractivity contribution in [2.24, 2.45) is 0 Å². The maximum Gasteiger partial charge on any atom is 0.256 e. The van der Waals surface area contributed by atoms with E-state index in [2.05, 4.69) is 5.32 Å². The summed E-state index contributed by atoms with van der Waals surface area (Å²) in [5.74, 6) is -0.493. The summed E-state index contributed by atoms with van der Waals surface area (Å²) in [6.45, 7) is 1.48. The fraction of sp³-hybridized carbons (Fsp3) is 0.444. The van der Waals surface area contributed by atoms with E-state index in [1.165, 1.54) is 24.9 Å². The summed E-state index contributed by atoms with van der Waals surface area (Å²) >= 11 is 0. The van der Waals surface area contributed by atoms with Gasteiger partial charge >= 0.3 is 0 Å². The van der Waals surface area contributed by atoms with E-state index in [0.717, 1.165) is 4.90 Å². The second-order valence-corrected chi connectivity index (χ2v) is 3.25. The number of imide groups is 1. The van der Waals surface area contributed by atoms with Crippen LogP contribution in [0.3, 0.4) is 0 Å². The van der Waals surface area contributed by atoms with Crippen LogP contribution in [0.2, 0.25) is 0 Å². The molecule has 3 amide bonds. The van der Waals surface area contributed by atoms with Gasteiger partial charge in [0.25, 0.3) is 5.91 Å². The molecule has 1 N–H and O–H groups in total. The second-order valence-electron chi connectivity index (χ2n) is 3.25. The number of hydrogen-bond acceptors (Lipinski definition) is 4. The van der Waals surface area contributed by atoms with E-state index in [1.807, 2.05) is 0 Å². The van der Waals surface area contributed by atoms with Crippen molar-refractivity contribution in [1.29, 1.82) is 0 Å². The molecule has 0 aromatic carbocycles. The second kappa shape index (κ2) is 4.12. The van der Waals surface area contributed by atoms with Crippen LogP contribution >= 0.6 is 0 Å². The first-order chi connectivity index (χ1) is 6.93. The quantitative estimate of drug-likeness (QED) is 0.559. The molecule has 1 aliphatic rings. The monoisotopic (exact) mass is 211 g/mol. The van der Waals surface area contributed by atoms with Crippen molar-refractivity contribution >= 4 is 17.7 Å². The fourth-order valence-corrected chi connectivity index (χ4v) is 1.05. The van der Waals surface area contributed by atoms with Gasteiger partial charge in [-0.05, 0) is 0 Å². The van der Waals surface area contributed by atoms with Crippen LogP contribution in [0, 0.1) is 0 Å². The molecule has 6 heteroatoms. The number of carbonyl (C=O) groups is 3. The molecule has 1 fully saturated rings. The Bertz CT molecular complexity index is 349. The van der Waals surface area contributed by atoms with Crippen molar-refractivity contribution in [2.45, 2.75) is 6.92 Å². The minimum Gasteiger partial charge on any atom is -0.362 e. The molecule has 0 aliphatic carbocycles. The van der Waals surface area contributed by atoms with Gasteiger partial charge < -0.3 is 10.2 Å². The van der Waals surface area contributed by atoms with E-state index < -0.39 is 5.91 Å². The largest absolute Gasteiger partial charge is 0.362 e. The Hall–Kier alpha value is -1.85. The first-order valence-corrected chi connectivity index (χ1v) is 4.44. The lowest BCUT2D eigenvalue weighted by Gasteiger charge is -2.13. The van der Waals surface area contributed by atoms with Crippen molar-refractivity contribution in [1.82, 2.24) is 15.1 Å². The van der Waals surface area contributed by atoms with E-state index in [9.17, 15) is 14.4 Å². The zero-order chi connectivity index (χ0) is 11.6. The first-order valence-electron chi connectivity index (χ1n) is 4.44. The highest BCUT2D eigenvalue weighted by Crippen LogP contribution is 2.05. The lowest BCUT2D eigenvalue weighted by atomic mass is 10.4. The molecule has 1 saturated heterocycles. The summed E-state index contributed by atoms with van der Waals surface area (Å²) in [4.78, 5) is 35.7. The predicted molar refractivity (Wildman–Crippen MR) is 52.3 cm³/mol. The number of rotatable bonds is 1. The van der Waals surface area contributed by atoms with Crippen LogP contribution in [0.4, 0.5) is 0 Å². The van der Waals surface area contributed by atoms with Crippen molar-refractivity contribution in [3.8, 4) is 0 Å². The molecule has 0 atom stereocenters. The van der Waals surface area contributed by atoms with Crippen LogP contribution in [-0.2, 0) is 14.4 Å². The molecule has 0 spiro atoms. The van der Waals surface area contributed by atoms with Gasteiger partial charge in [0.15, 0.2) is 0 Å². The van der Waals surface area contributed by atoms with Gasteiger partial charge in [-0.2, -0.15) is 0 Å². The summed E-state index contributed by atoms with van der Waals surface area (Å²) in [5.41, 5.74) is 0.